The SMILES string of the molecule is O=C(Cc1coc2ccc(F)cc12)N(Cc1ccco1)C1CCS(=O)(=O)C1. The van der Waals surface area contributed by atoms with Crippen molar-refractivity contribution in [3.05, 3.63) is 60.0 Å². The van der Waals surface area contributed by atoms with E-state index in [1.807, 2.05) is 0 Å². The minimum atomic E-state index is -3.15. The third-order valence-corrected chi connectivity index (χ3v) is 6.58. The first-order valence-electron chi connectivity index (χ1n) is 8.59. The number of furan rings is 2. The minimum Gasteiger partial charge on any atom is -0.467 e. The Morgan fingerprint density at radius 2 is 2.11 bits per heavy atom. The number of amides is 1. The molecule has 1 amide bonds. The summed E-state index contributed by atoms with van der Waals surface area (Å²) in [5.41, 5.74) is 1.07. The zero-order valence-corrected chi connectivity index (χ0v) is 15.2. The number of carbonyl (C=O) groups is 1. The molecule has 3 heterocycles. The standard InChI is InChI=1S/C19H18FNO5S/c20-14-3-4-18-17(9-14)13(11-26-18)8-19(22)21(10-16-2-1-6-25-16)15-5-7-27(23,24)12-15/h1-4,6,9,11,15H,5,7-8,10,12H2. The van der Waals surface area contributed by atoms with E-state index in [-0.39, 0.29) is 30.4 Å². The van der Waals surface area contributed by atoms with Crippen LogP contribution in [-0.4, -0.2) is 36.8 Å². The van der Waals surface area contributed by atoms with Crippen molar-refractivity contribution in [2.45, 2.75) is 25.4 Å². The minimum absolute atomic E-state index is 0.00624. The summed E-state index contributed by atoms with van der Waals surface area (Å²) < 4.78 is 48.1. The van der Waals surface area contributed by atoms with Gasteiger partial charge in [0.15, 0.2) is 9.84 Å². The fourth-order valence-corrected chi connectivity index (χ4v) is 5.20. The van der Waals surface area contributed by atoms with Crippen LogP contribution in [0.3, 0.4) is 0 Å². The zero-order chi connectivity index (χ0) is 19.0. The lowest BCUT2D eigenvalue weighted by Crippen LogP contribution is -2.41. The molecule has 1 fully saturated rings. The summed E-state index contributed by atoms with van der Waals surface area (Å²) in [7, 11) is -3.15. The van der Waals surface area contributed by atoms with Crippen LogP contribution in [-0.2, 0) is 27.6 Å². The predicted octanol–water partition coefficient (Wildman–Crippen LogP) is 2.92. The molecule has 1 unspecified atom stereocenters. The summed E-state index contributed by atoms with van der Waals surface area (Å²) in [4.78, 5) is 14.6. The number of halogens is 1. The van der Waals surface area contributed by atoms with E-state index in [0.29, 0.717) is 28.7 Å². The van der Waals surface area contributed by atoms with E-state index < -0.39 is 21.7 Å². The molecule has 0 N–H and O–H groups in total. The number of benzene rings is 1. The van der Waals surface area contributed by atoms with Gasteiger partial charge in [0.05, 0.1) is 37.0 Å². The van der Waals surface area contributed by atoms with E-state index in [0.717, 1.165) is 0 Å². The van der Waals surface area contributed by atoms with Gasteiger partial charge in [0.25, 0.3) is 0 Å². The Kier molecular flexibility index (Phi) is 4.51. The molecule has 1 saturated heterocycles. The Bertz CT molecular complexity index is 1070. The maximum atomic E-state index is 13.6. The quantitative estimate of drug-likeness (QED) is 0.668. The van der Waals surface area contributed by atoms with Gasteiger partial charge < -0.3 is 13.7 Å². The molecule has 142 valence electrons. The monoisotopic (exact) mass is 391 g/mol. The molecular weight excluding hydrogens is 373 g/mol. The lowest BCUT2D eigenvalue weighted by atomic mass is 10.1. The molecule has 27 heavy (non-hydrogen) atoms. The maximum absolute atomic E-state index is 13.6. The van der Waals surface area contributed by atoms with Crippen LogP contribution in [0.4, 0.5) is 4.39 Å². The Labute approximate surface area is 155 Å². The number of hydrogen-bond acceptors (Lipinski definition) is 5. The summed E-state index contributed by atoms with van der Waals surface area (Å²) in [5, 5.41) is 0.542. The van der Waals surface area contributed by atoms with Crippen LogP contribution >= 0.6 is 0 Å². The van der Waals surface area contributed by atoms with Gasteiger partial charge in [-0.05, 0) is 36.8 Å². The molecule has 4 rings (SSSR count). The van der Waals surface area contributed by atoms with Crippen molar-refractivity contribution in [3.8, 4) is 0 Å². The lowest BCUT2D eigenvalue weighted by molar-refractivity contribution is -0.133. The van der Waals surface area contributed by atoms with E-state index in [1.165, 1.54) is 30.7 Å². The number of carbonyl (C=O) groups excluding carboxylic acids is 1. The molecule has 1 atom stereocenters. The third-order valence-electron chi connectivity index (χ3n) is 4.83. The molecule has 0 aliphatic carbocycles. The maximum Gasteiger partial charge on any atom is 0.227 e. The van der Waals surface area contributed by atoms with Gasteiger partial charge in [-0.15, -0.1) is 0 Å². The van der Waals surface area contributed by atoms with Crippen molar-refractivity contribution >= 4 is 26.7 Å². The largest absolute Gasteiger partial charge is 0.467 e. The topological polar surface area (TPSA) is 80.7 Å². The molecule has 1 aliphatic rings. The highest BCUT2D eigenvalue weighted by molar-refractivity contribution is 7.91. The molecule has 0 saturated carbocycles. The Morgan fingerprint density at radius 3 is 2.81 bits per heavy atom. The normalized spacial score (nSPS) is 18.8. The van der Waals surface area contributed by atoms with Crippen LogP contribution in [0.2, 0.25) is 0 Å². The summed E-state index contributed by atoms with van der Waals surface area (Å²) in [5.74, 6) is -0.0669. The lowest BCUT2D eigenvalue weighted by Gasteiger charge is -2.27. The van der Waals surface area contributed by atoms with Crippen LogP contribution in [0.25, 0.3) is 11.0 Å². The first-order chi connectivity index (χ1) is 12.9. The fourth-order valence-electron chi connectivity index (χ4n) is 3.47. The highest BCUT2D eigenvalue weighted by Gasteiger charge is 2.35. The van der Waals surface area contributed by atoms with Crippen LogP contribution in [0.1, 0.15) is 17.7 Å². The molecule has 8 heteroatoms. The fraction of sp³-hybridized carbons (Fsp3) is 0.316. The van der Waals surface area contributed by atoms with Crippen molar-refractivity contribution in [2.75, 3.05) is 11.5 Å². The zero-order valence-electron chi connectivity index (χ0n) is 14.4. The molecule has 0 radical (unpaired) electrons. The highest BCUT2D eigenvalue weighted by atomic mass is 32.2. The second-order valence-corrected chi connectivity index (χ2v) is 8.96. The van der Waals surface area contributed by atoms with E-state index in [1.54, 1.807) is 17.0 Å². The molecule has 1 aromatic carbocycles. The van der Waals surface area contributed by atoms with Crippen molar-refractivity contribution in [2.24, 2.45) is 0 Å². The molecule has 2 aromatic heterocycles. The summed E-state index contributed by atoms with van der Waals surface area (Å²) in [6.07, 6.45) is 3.34. The molecular formula is C19H18FNO5S. The second-order valence-electron chi connectivity index (χ2n) is 6.74. The number of nitrogens with zero attached hydrogens (tertiary/aromatic N) is 1. The van der Waals surface area contributed by atoms with Gasteiger partial charge in [-0.2, -0.15) is 0 Å². The van der Waals surface area contributed by atoms with Crippen LogP contribution in [0.15, 0.2) is 51.7 Å². The van der Waals surface area contributed by atoms with E-state index >= 15 is 0 Å². The van der Waals surface area contributed by atoms with Crippen LogP contribution in [0, 0.1) is 5.82 Å². The number of sulfone groups is 1. The summed E-state index contributed by atoms with van der Waals surface area (Å²) in [6.45, 7) is 0.191. The third kappa shape index (κ3) is 3.75. The van der Waals surface area contributed by atoms with Gasteiger partial charge in [0.1, 0.15) is 17.2 Å². The highest BCUT2D eigenvalue weighted by Crippen LogP contribution is 2.25. The van der Waals surface area contributed by atoms with Gasteiger partial charge in [-0.25, -0.2) is 12.8 Å². The average Bonchev–Trinajstić information content (AvgIpc) is 3.34. The number of hydrogen-bond donors (Lipinski definition) is 0. The summed E-state index contributed by atoms with van der Waals surface area (Å²) in [6, 6.07) is 7.20. The Hall–Kier alpha value is -2.61. The average molecular weight is 391 g/mol. The van der Waals surface area contributed by atoms with Crippen molar-refractivity contribution in [1.82, 2.24) is 4.90 Å². The van der Waals surface area contributed by atoms with Gasteiger partial charge in [-0.3, -0.25) is 4.79 Å². The van der Waals surface area contributed by atoms with E-state index in [4.69, 9.17) is 8.83 Å². The van der Waals surface area contributed by atoms with Gasteiger partial charge in [-0.1, -0.05) is 0 Å². The molecule has 1 aliphatic heterocycles. The van der Waals surface area contributed by atoms with Gasteiger partial charge >= 0.3 is 0 Å². The summed E-state index contributed by atoms with van der Waals surface area (Å²) >= 11 is 0. The van der Waals surface area contributed by atoms with Crippen molar-refractivity contribution < 1.29 is 26.4 Å². The van der Waals surface area contributed by atoms with Crippen LogP contribution < -0.4 is 0 Å². The molecule has 3 aromatic rings. The van der Waals surface area contributed by atoms with Crippen LogP contribution in [0.5, 0.6) is 0 Å². The van der Waals surface area contributed by atoms with E-state index in [2.05, 4.69) is 0 Å². The second kappa shape index (κ2) is 6.84. The Balaban J connectivity index is 1.60. The Morgan fingerprint density at radius 1 is 1.26 bits per heavy atom. The first-order valence-corrected chi connectivity index (χ1v) is 10.4. The predicted molar refractivity (Wildman–Crippen MR) is 96.2 cm³/mol. The molecule has 0 spiro atoms. The van der Waals surface area contributed by atoms with E-state index in [9.17, 15) is 17.6 Å². The van der Waals surface area contributed by atoms with Crippen molar-refractivity contribution in [1.29, 1.82) is 0 Å². The molecule has 0 bridgehead atoms. The number of rotatable bonds is 5. The molecule has 6 nitrogen and oxygen atoms in total. The van der Waals surface area contributed by atoms with Gasteiger partial charge in [0, 0.05) is 17.0 Å². The van der Waals surface area contributed by atoms with Crippen molar-refractivity contribution in [3.63, 3.8) is 0 Å². The number of fused-ring (bicyclic) bond motifs is 1. The van der Waals surface area contributed by atoms with Gasteiger partial charge in [0.2, 0.25) is 5.91 Å². The first kappa shape index (κ1) is 17.8. The smallest absolute Gasteiger partial charge is 0.227 e.